The van der Waals surface area contributed by atoms with Crippen molar-refractivity contribution in [2.75, 3.05) is 18.4 Å². The SMILES string of the molecule is I.NC(=NCCNS(=O)(=O)c1cccc(Cl)c1)Nc1cccc2c1CCCC2. The van der Waals surface area contributed by atoms with Crippen molar-refractivity contribution in [3.63, 3.8) is 0 Å². The number of hydrogen-bond donors (Lipinski definition) is 3. The van der Waals surface area contributed by atoms with E-state index in [1.165, 1.54) is 36.1 Å². The summed E-state index contributed by atoms with van der Waals surface area (Å²) in [6, 6.07) is 12.3. The quantitative estimate of drug-likeness (QED) is 0.229. The molecular formula is C19H24ClIN4O2S. The summed E-state index contributed by atoms with van der Waals surface area (Å²) in [6.07, 6.45) is 4.51. The molecule has 2 aromatic carbocycles. The number of rotatable bonds is 6. The first-order chi connectivity index (χ1) is 13.0. The number of aryl methyl sites for hydroxylation is 1. The van der Waals surface area contributed by atoms with Gasteiger partial charge in [0.1, 0.15) is 0 Å². The predicted molar refractivity (Wildman–Crippen MR) is 125 cm³/mol. The van der Waals surface area contributed by atoms with Crippen molar-refractivity contribution in [1.82, 2.24) is 4.72 Å². The highest BCUT2D eigenvalue weighted by atomic mass is 127. The Balaban J connectivity index is 0.00000280. The normalized spacial score (nSPS) is 14.1. The minimum absolute atomic E-state index is 0. The largest absolute Gasteiger partial charge is 0.370 e. The molecule has 6 nitrogen and oxygen atoms in total. The van der Waals surface area contributed by atoms with Gasteiger partial charge in [-0.1, -0.05) is 29.8 Å². The molecule has 28 heavy (non-hydrogen) atoms. The van der Waals surface area contributed by atoms with Gasteiger partial charge in [-0.3, -0.25) is 4.99 Å². The molecule has 9 heteroatoms. The van der Waals surface area contributed by atoms with Crippen molar-refractivity contribution < 1.29 is 8.42 Å². The zero-order valence-electron chi connectivity index (χ0n) is 15.3. The number of nitrogens with two attached hydrogens (primary N) is 1. The summed E-state index contributed by atoms with van der Waals surface area (Å²) in [6.45, 7) is 0.373. The molecule has 0 aliphatic heterocycles. The minimum Gasteiger partial charge on any atom is -0.370 e. The van der Waals surface area contributed by atoms with E-state index in [0.29, 0.717) is 5.02 Å². The van der Waals surface area contributed by atoms with E-state index in [1.807, 2.05) is 12.1 Å². The molecule has 0 radical (unpaired) electrons. The summed E-state index contributed by atoms with van der Waals surface area (Å²) >= 11 is 5.84. The third-order valence-corrected chi connectivity index (χ3v) is 6.14. The number of aliphatic imine (C=N–C) groups is 1. The first-order valence-corrected chi connectivity index (χ1v) is 10.7. The van der Waals surface area contributed by atoms with Crippen molar-refractivity contribution in [3.8, 4) is 0 Å². The maximum absolute atomic E-state index is 12.2. The number of anilines is 1. The van der Waals surface area contributed by atoms with Crippen molar-refractivity contribution in [3.05, 3.63) is 58.6 Å². The minimum atomic E-state index is -3.62. The molecule has 0 bridgehead atoms. The Morgan fingerprint density at radius 2 is 1.89 bits per heavy atom. The molecule has 4 N–H and O–H groups in total. The molecule has 1 aliphatic carbocycles. The number of nitrogens with zero attached hydrogens (tertiary/aromatic N) is 1. The van der Waals surface area contributed by atoms with Gasteiger partial charge in [0, 0.05) is 17.3 Å². The highest BCUT2D eigenvalue weighted by Gasteiger charge is 2.14. The molecule has 0 saturated heterocycles. The fourth-order valence-electron chi connectivity index (χ4n) is 3.15. The zero-order valence-corrected chi connectivity index (χ0v) is 19.2. The predicted octanol–water partition coefficient (Wildman–Crippen LogP) is 3.54. The summed E-state index contributed by atoms with van der Waals surface area (Å²) in [5.41, 5.74) is 9.59. The van der Waals surface area contributed by atoms with Crippen molar-refractivity contribution >= 4 is 57.2 Å². The van der Waals surface area contributed by atoms with Gasteiger partial charge in [0.2, 0.25) is 10.0 Å². The molecule has 1 aliphatic rings. The summed E-state index contributed by atoms with van der Waals surface area (Å²) in [5, 5.41) is 3.51. The van der Waals surface area contributed by atoms with Gasteiger partial charge in [0.25, 0.3) is 0 Å². The van der Waals surface area contributed by atoms with Crippen LogP contribution in [0.25, 0.3) is 0 Å². The number of nitrogens with one attached hydrogen (secondary N) is 2. The maximum Gasteiger partial charge on any atom is 0.240 e. The summed E-state index contributed by atoms with van der Waals surface area (Å²) in [5.74, 6) is 0.274. The highest BCUT2D eigenvalue weighted by Crippen LogP contribution is 2.27. The lowest BCUT2D eigenvalue weighted by Crippen LogP contribution is -2.29. The van der Waals surface area contributed by atoms with E-state index in [2.05, 4.69) is 21.1 Å². The average molecular weight is 535 g/mol. The van der Waals surface area contributed by atoms with Crippen LogP contribution in [-0.4, -0.2) is 27.5 Å². The Hall–Kier alpha value is -1.36. The van der Waals surface area contributed by atoms with E-state index in [1.54, 1.807) is 12.1 Å². The summed E-state index contributed by atoms with van der Waals surface area (Å²) in [4.78, 5) is 4.34. The Morgan fingerprint density at radius 3 is 2.68 bits per heavy atom. The fraction of sp³-hybridized carbons (Fsp3) is 0.316. The van der Waals surface area contributed by atoms with E-state index in [9.17, 15) is 8.42 Å². The monoisotopic (exact) mass is 534 g/mol. The number of sulfonamides is 1. The fourth-order valence-corrected chi connectivity index (χ4v) is 4.47. The number of fused-ring (bicyclic) bond motifs is 1. The number of guanidine groups is 1. The molecule has 152 valence electrons. The highest BCUT2D eigenvalue weighted by molar-refractivity contribution is 14.0. The van der Waals surface area contributed by atoms with Crippen LogP contribution >= 0.6 is 35.6 Å². The number of benzene rings is 2. The first-order valence-electron chi connectivity index (χ1n) is 8.89. The molecule has 0 amide bonds. The topological polar surface area (TPSA) is 96.6 Å². The van der Waals surface area contributed by atoms with Gasteiger partial charge in [-0.05, 0) is 61.1 Å². The van der Waals surface area contributed by atoms with Crippen LogP contribution in [0, 0.1) is 0 Å². The van der Waals surface area contributed by atoms with Crippen molar-refractivity contribution in [1.29, 1.82) is 0 Å². The second-order valence-corrected chi connectivity index (χ2v) is 8.60. The summed E-state index contributed by atoms with van der Waals surface area (Å²) in [7, 11) is -3.62. The lowest BCUT2D eigenvalue weighted by Gasteiger charge is -2.19. The lowest BCUT2D eigenvalue weighted by atomic mass is 9.90. The van der Waals surface area contributed by atoms with Crippen LogP contribution < -0.4 is 15.8 Å². The Bertz CT molecular complexity index is 951. The van der Waals surface area contributed by atoms with Crippen LogP contribution in [0.5, 0.6) is 0 Å². The van der Waals surface area contributed by atoms with Gasteiger partial charge >= 0.3 is 0 Å². The van der Waals surface area contributed by atoms with Crippen LogP contribution in [0.3, 0.4) is 0 Å². The Labute approximate surface area is 188 Å². The van der Waals surface area contributed by atoms with Crippen LogP contribution in [0.4, 0.5) is 5.69 Å². The van der Waals surface area contributed by atoms with Crippen LogP contribution in [-0.2, 0) is 22.9 Å². The summed E-state index contributed by atoms with van der Waals surface area (Å²) < 4.78 is 26.9. The van der Waals surface area contributed by atoms with Crippen molar-refractivity contribution in [2.45, 2.75) is 30.6 Å². The Morgan fingerprint density at radius 1 is 1.14 bits per heavy atom. The molecular weight excluding hydrogens is 511 g/mol. The second-order valence-electron chi connectivity index (χ2n) is 6.40. The third kappa shape index (κ3) is 6.07. The molecule has 0 saturated carbocycles. The van der Waals surface area contributed by atoms with E-state index in [-0.39, 0.29) is 47.9 Å². The van der Waals surface area contributed by atoms with Crippen LogP contribution in [0.1, 0.15) is 24.0 Å². The number of halogens is 2. The molecule has 0 heterocycles. The van der Waals surface area contributed by atoms with E-state index in [0.717, 1.165) is 18.5 Å². The first kappa shape index (κ1) is 22.9. The second kappa shape index (κ2) is 10.4. The molecule has 0 atom stereocenters. The van der Waals surface area contributed by atoms with E-state index >= 15 is 0 Å². The van der Waals surface area contributed by atoms with Crippen LogP contribution in [0.15, 0.2) is 52.4 Å². The molecule has 0 aromatic heterocycles. The lowest BCUT2D eigenvalue weighted by molar-refractivity contribution is 0.582. The smallest absolute Gasteiger partial charge is 0.240 e. The van der Waals surface area contributed by atoms with Crippen LogP contribution in [0.2, 0.25) is 5.02 Å². The molecule has 0 unspecified atom stereocenters. The third-order valence-electron chi connectivity index (χ3n) is 4.45. The van der Waals surface area contributed by atoms with Gasteiger partial charge in [-0.15, -0.1) is 24.0 Å². The molecule has 3 rings (SSSR count). The van der Waals surface area contributed by atoms with Gasteiger partial charge in [-0.2, -0.15) is 0 Å². The maximum atomic E-state index is 12.2. The zero-order chi connectivity index (χ0) is 19.3. The van der Waals surface area contributed by atoms with Gasteiger partial charge < -0.3 is 11.1 Å². The Kier molecular flexibility index (Phi) is 8.54. The van der Waals surface area contributed by atoms with Gasteiger partial charge in [-0.25, -0.2) is 13.1 Å². The molecule has 0 spiro atoms. The molecule has 2 aromatic rings. The standard InChI is InChI=1S/C19H23ClN4O2S.HI/c20-15-7-4-8-16(13-15)27(25,26)23-12-11-22-19(21)24-18-10-3-6-14-5-1-2-9-17(14)18;/h3-4,6-8,10,13,23H,1-2,5,9,11-12H2,(H3,21,22,24);1H. The van der Waals surface area contributed by atoms with E-state index < -0.39 is 10.0 Å². The van der Waals surface area contributed by atoms with Crippen molar-refractivity contribution in [2.24, 2.45) is 10.7 Å². The van der Waals surface area contributed by atoms with Gasteiger partial charge in [0.05, 0.1) is 11.4 Å². The van der Waals surface area contributed by atoms with E-state index in [4.69, 9.17) is 17.3 Å². The van der Waals surface area contributed by atoms with Gasteiger partial charge in [0.15, 0.2) is 5.96 Å². The molecule has 0 fully saturated rings. The number of hydrogen-bond acceptors (Lipinski definition) is 3. The average Bonchev–Trinajstić information content (AvgIpc) is 2.66.